The van der Waals surface area contributed by atoms with Crippen LogP contribution in [0.5, 0.6) is 0 Å². The summed E-state index contributed by atoms with van der Waals surface area (Å²) >= 11 is 5.28. The number of nitrogens with one attached hydrogen (secondary N) is 2. The molecule has 0 aromatic heterocycles. The molecule has 2 fully saturated rings. The first-order valence-corrected chi connectivity index (χ1v) is 10.1. The number of amides is 2. The molecule has 0 radical (unpaired) electrons. The molecule has 1 heterocycles. The van der Waals surface area contributed by atoms with Gasteiger partial charge in [-0.3, -0.25) is 9.59 Å². The first-order valence-electron chi connectivity index (χ1n) is 9.64. The quantitative estimate of drug-likeness (QED) is 0.793. The van der Waals surface area contributed by atoms with Gasteiger partial charge in [0, 0.05) is 30.3 Å². The lowest BCUT2D eigenvalue weighted by atomic mass is 9.89. The van der Waals surface area contributed by atoms with Crippen LogP contribution in [-0.2, 0) is 4.79 Å². The number of carbonyl (C=O) groups excluding carboxylic acids is 2. The lowest BCUT2D eigenvalue weighted by Crippen LogP contribution is -2.39. The highest BCUT2D eigenvalue weighted by atomic mass is 32.1. The number of benzene rings is 1. The predicted octanol–water partition coefficient (Wildman–Crippen LogP) is 3.71. The smallest absolute Gasteiger partial charge is 0.253 e. The van der Waals surface area contributed by atoms with Crippen LogP contribution >= 0.6 is 12.2 Å². The Morgan fingerprint density at radius 3 is 2.42 bits per heavy atom. The van der Waals surface area contributed by atoms with Crippen molar-refractivity contribution in [3.8, 4) is 0 Å². The summed E-state index contributed by atoms with van der Waals surface area (Å²) in [5.74, 6) is 0.128. The molecule has 26 heavy (non-hydrogen) atoms. The summed E-state index contributed by atoms with van der Waals surface area (Å²) in [4.78, 5) is 26.8. The Morgan fingerprint density at radius 2 is 1.69 bits per heavy atom. The molecule has 6 heteroatoms. The summed E-state index contributed by atoms with van der Waals surface area (Å²) in [5.41, 5.74) is 1.38. The van der Waals surface area contributed by atoms with Crippen LogP contribution in [0, 0.1) is 5.92 Å². The molecular formula is C20H27N3O2S. The number of rotatable bonds is 3. The number of thiocarbonyl (C=S) groups is 1. The van der Waals surface area contributed by atoms with Crippen molar-refractivity contribution in [2.24, 2.45) is 5.92 Å². The van der Waals surface area contributed by atoms with Gasteiger partial charge in [0.2, 0.25) is 5.91 Å². The Kier molecular flexibility index (Phi) is 6.61. The van der Waals surface area contributed by atoms with Gasteiger partial charge in [0.1, 0.15) is 0 Å². The van der Waals surface area contributed by atoms with Crippen molar-refractivity contribution in [3.63, 3.8) is 0 Å². The zero-order valence-electron chi connectivity index (χ0n) is 15.1. The Bertz CT molecular complexity index is 665. The fourth-order valence-corrected chi connectivity index (χ4v) is 3.97. The summed E-state index contributed by atoms with van der Waals surface area (Å²) in [6.07, 6.45) is 8.65. The Morgan fingerprint density at radius 1 is 1.00 bits per heavy atom. The van der Waals surface area contributed by atoms with E-state index in [4.69, 9.17) is 12.2 Å². The van der Waals surface area contributed by atoms with Gasteiger partial charge in [-0.2, -0.15) is 0 Å². The SMILES string of the molecule is O=C(NC(=S)Nc1cccc(C(=O)N2CCCCC2)c1)C1CCCCC1. The zero-order valence-corrected chi connectivity index (χ0v) is 15.9. The van der Waals surface area contributed by atoms with Gasteiger partial charge >= 0.3 is 0 Å². The molecule has 0 spiro atoms. The average Bonchev–Trinajstić information content (AvgIpc) is 2.69. The summed E-state index contributed by atoms with van der Waals surface area (Å²) in [6, 6.07) is 7.32. The van der Waals surface area contributed by atoms with Gasteiger partial charge in [0.25, 0.3) is 5.91 Å². The minimum absolute atomic E-state index is 0.00254. The van der Waals surface area contributed by atoms with Crippen LogP contribution in [0.25, 0.3) is 0 Å². The lowest BCUT2D eigenvalue weighted by molar-refractivity contribution is -0.124. The van der Waals surface area contributed by atoms with E-state index in [0.29, 0.717) is 10.7 Å². The van der Waals surface area contributed by atoms with Crippen molar-refractivity contribution in [1.82, 2.24) is 10.2 Å². The normalized spacial score (nSPS) is 18.2. The molecule has 2 N–H and O–H groups in total. The molecule has 1 aromatic rings. The van der Waals surface area contributed by atoms with E-state index in [9.17, 15) is 9.59 Å². The predicted molar refractivity (Wildman–Crippen MR) is 107 cm³/mol. The third kappa shape index (κ3) is 5.04. The summed E-state index contributed by atoms with van der Waals surface area (Å²) in [6.45, 7) is 1.65. The molecule has 1 aliphatic heterocycles. The van der Waals surface area contributed by atoms with Crippen LogP contribution in [0.1, 0.15) is 61.7 Å². The van der Waals surface area contributed by atoms with Crippen molar-refractivity contribution in [2.75, 3.05) is 18.4 Å². The first-order chi connectivity index (χ1) is 12.6. The third-order valence-electron chi connectivity index (χ3n) is 5.22. The van der Waals surface area contributed by atoms with Crippen molar-refractivity contribution in [3.05, 3.63) is 29.8 Å². The van der Waals surface area contributed by atoms with Crippen molar-refractivity contribution < 1.29 is 9.59 Å². The van der Waals surface area contributed by atoms with Gasteiger partial charge in [-0.05, 0) is 62.5 Å². The third-order valence-corrected chi connectivity index (χ3v) is 5.43. The fraction of sp³-hybridized carbons (Fsp3) is 0.550. The van der Waals surface area contributed by atoms with Crippen molar-refractivity contribution in [1.29, 1.82) is 0 Å². The maximum absolute atomic E-state index is 12.6. The second-order valence-corrected chi connectivity index (χ2v) is 7.62. The highest BCUT2D eigenvalue weighted by Crippen LogP contribution is 2.23. The van der Waals surface area contributed by atoms with Crippen molar-refractivity contribution in [2.45, 2.75) is 51.4 Å². The monoisotopic (exact) mass is 373 g/mol. The van der Waals surface area contributed by atoms with Gasteiger partial charge < -0.3 is 15.5 Å². The first kappa shape index (κ1) is 18.8. The van der Waals surface area contributed by atoms with Gasteiger partial charge in [-0.1, -0.05) is 25.3 Å². The number of piperidine rings is 1. The van der Waals surface area contributed by atoms with Gasteiger partial charge in [-0.15, -0.1) is 0 Å². The van der Waals surface area contributed by atoms with Crippen LogP contribution in [0.15, 0.2) is 24.3 Å². The number of anilines is 1. The van der Waals surface area contributed by atoms with E-state index in [-0.39, 0.29) is 17.7 Å². The number of hydrogen-bond donors (Lipinski definition) is 2. The molecule has 1 saturated carbocycles. The number of nitrogens with zero attached hydrogens (tertiary/aromatic N) is 1. The molecular weight excluding hydrogens is 346 g/mol. The molecule has 2 aliphatic rings. The van der Waals surface area contributed by atoms with E-state index in [1.165, 1.54) is 12.8 Å². The van der Waals surface area contributed by atoms with Gasteiger partial charge in [0.15, 0.2) is 5.11 Å². The molecule has 1 aromatic carbocycles. The van der Waals surface area contributed by atoms with Crippen LogP contribution < -0.4 is 10.6 Å². The Hall–Kier alpha value is -1.95. The van der Waals surface area contributed by atoms with E-state index >= 15 is 0 Å². The number of likely N-dealkylation sites (tertiary alicyclic amines) is 1. The Labute approximate surface area is 160 Å². The summed E-state index contributed by atoms with van der Waals surface area (Å²) in [7, 11) is 0. The number of hydrogen-bond acceptors (Lipinski definition) is 3. The maximum atomic E-state index is 12.6. The lowest BCUT2D eigenvalue weighted by Gasteiger charge is -2.27. The summed E-state index contributed by atoms with van der Waals surface area (Å²) in [5, 5.41) is 6.13. The van der Waals surface area contributed by atoms with E-state index in [1.807, 2.05) is 23.1 Å². The van der Waals surface area contributed by atoms with E-state index in [1.54, 1.807) is 6.07 Å². The maximum Gasteiger partial charge on any atom is 0.253 e. The van der Waals surface area contributed by atoms with E-state index in [2.05, 4.69) is 10.6 Å². The molecule has 1 aliphatic carbocycles. The standard InChI is InChI=1S/C20H27N3O2S/c24-18(15-8-3-1-4-9-15)22-20(26)21-17-11-7-10-16(14-17)19(25)23-12-5-2-6-13-23/h7,10-11,14-15H,1-6,8-9,12-13H2,(H2,21,22,24,26). The highest BCUT2D eigenvalue weighted by molar-refractivity contribution is 7.80. The largest absolute Gasteiger partial charge is 0.339 e. The minimum atomic E-state index is 0.00254. The molecule has 5 nitrogen and oxygen atoms in total. The van der Waals surface area contributed by atoms with E-state index in [0.717, 1.165) is 57.3 Å². The second kappa shape index (κ2) is 9.12. The molecule has 3 rings (SSSR count). The summed E-state index contributed by atoms with van der Waals surface area (Å²) < 4.78 is 0. The Balaban J connectivity index is 1.56. The molecule has 2 amide bonds. The fourth-order valence-electron chi connectivity index (χ4n) is 3.75. The van der Waals surface area contributed by atoms with Crippen LogP contribution in [0.2, 0.25) is 0 Å². The molecule has 0 atom stereocenters. The van der Waals surface area contributed by atoms with Crippen LogP contribution in [0.3, 0.4) is 0 Å². The number of carbonyl (C=O) groups is 2. The second-order valence-electron chi connectivity index (χ2n) is 7.21. The minimum Gasteiger partial charge on any atom is -0.339 e. The highest BCUT2D eigenvalue weighted by Gasteiger charge is 2.22. The van der Waals surface area contributed by atoms with Gasteiger partial charge in [-0.25, -0.2) is 0 Å². The molecule has 1 saturated heterocycles. The zero-order chi connectivity index (χ0) is 18.4. The van der Waals surface area contributed by atoms with Crippen LogP contribution in [0.4, 0.5) is 5.69 Å². The van der Waals surface area contributed by atoms with Crippen molar-refractivity contribution >= 4 is 34.8 Å². The molecule has 0 unspecified atom stereocenters. The van der Waals surface area contributed by atoms with E-state index < -0.39 is 0 Å². The topological polar surface area (TPSA) is 61.4 Å². The van der Waals surface area contributed by atoms with Gasteiger partial charge in [0.05, 0.1) is 0 Å². The molecule has 140 valence electrons. The van der Waals surface area contributed by atoms with Crippen LogP contribution in [-0.4, -0.2) is 34.9 Å². The molecule has 0 bridgehead atoms. The average molecular weight is 374 g/mol.